The molecule has 0 aliphatic heterocycles. The number of aryl methyl sites for hydroxylation is 3. The lowest BCUT2D eigenvalue weighted by Crippen LogP contribution is -2.13. The predicted molar refractivity (Wildman–Crippen MR) is 112 cm³/mol. The van der Waals surface area contributed by atoms with Gasteiger partial charge in [0.1, 0.15) is 10.7 Å². The fraction of sp³-hybridized carbons (Fsp3) is 0.143. The molecule has 4 aromatic rings. The highest BCUT2D eigenvalue weighted by atomic mass is 32.1. The van der Waals surface area contributed by atoms with Crippen molar-refractivity contribution in [3.63, 3.8) is 0 Å². The summed E-state index contributed by atoms with van der Waals surface area (Å²) in [5.74, 6) is 0.197. The topological polar surface area (TPSA) is 87.7 Å². The first-order valence-electron chi connectivity index (χ1n) is 8.76. The van der Waals surface area contributed by atoms with Gasteiger partial charge >= 0.3 is 0 Å². The molecule has 140 valence electrons. The van der Waals surface area contributed by atoms with Gasteiger partial charge in [-0.2, -0.15) is 0 Å². The minimum atomic E-state index is -0.261. The van der Waals surface area contributed by atoms with Crippen LogP contribution in [0.3, 0.4) is 0 Å². The molecule has 7 heteroatoms. The number of hydrogen-bond donors (Lipinski definition) is 2. The van der Waals surface area contributed by atoms with Gasteiger partial charge in [0.05, 0.1) is 10.3 Å². The van der Waals surface area contributed by atoms with Crippen molar-refractivity contribution in [3.05, 3.63) is 74.6 Å². The number of amides is 1. The Bertz CT molecular complexity index is 1260. The van der Waals surface area contributed by atoms with Crippen molar-refractivity contribution in [3.8, 4) is 11.4 Å². The van der Waals surface area contributed by atoms with Gasteiger partial charge in [-0.25, -0.2) is 4.98 Å². The van der Waals surface area contributed by atoms with Crippen molar-refractivity contribution in [2.45, 2.75) is 20.8 Å². The molecule has 0 radical (unpaired) electrons. The molecule has 0 unspecified atom stereocenters. The number of hydrogen-bond acceptors (Lipinski definition) is 5. The lowest BCUT2D eigenvalue weighted by molar-refractivity contribution is 0.103. The van der Waals surface area contributed by atoms with Crippen LogP contribution >= 0.6 is 11.3 Å². The van der Waals surface area contributed by atoms with Gasteiger partial charge in [0.15, 0.2) is 0 Å². The first-order valence-corrected chi connectivity index (χ1v) is 9.58. The number of benzene rings is 1. The van der Waals surface area contributed by atoms with E-state index in [1.165, 1.54) is 11.3 Å². The van der Waals surface area contributed by atoms with E-state index in [4.69, 9.17) is 0 Å². The number of carbonyl (C=O) groups excluding carboxylic acids is 1. The number of aromatic nitrogens is 3. The van der Waals surface area contributed by atoms with E-state index < -0.39 is 0 Å². The number of thiophene rings is 1. The summed E-state index contributed by atoms with van der Waals surface area (Å²) in [6, 6.07) is 9.46. The van der Waals surface area contributed by atoms with Gasteiger partial charge in [0, 0.05) is 23.6 Å². The molecule has 1 amide bonds. The molecule has 0 fully saturated rings. The van der Waals surface area contributed by atoms with Crippen molar-refractivity contribution in [1.29, 1.82) is 0 Å². The molecule has 6 nitrogen and oxygen atoms in total. The summed E-state index contributed by atoms with van der Waals surface area (Å²) >= 11 is 1.22. The molecule has 0 saturated heterocycles. The lowest BCUT2D eigenvalue weighted by atomic mass is 10.1. The van der Waals surface area contributed by atoms with Crippen molar-refractivity contribution >= 4 is 33.1 Å². The highest BCUT2D eigenvalue weighted by Gasteiger charge is 2.20. The number of rotatable bonds is 3. The second-order valence-electron chi connectivity index (χ2n) is 6.67. The van der Waals surface area contributed by atoms with Crippen LogP contribution in [-0.2, 0) is 0 Å². The third-order valence-electron chi connectivity index (χ3n) is 4.57. The van der Waals surface area contributed by atoms with Crippen LogP contribution in [0.4, 0.5) is 5.69 Å². The second-order valence-corrected chi connectivity index (χ2v) is 7.66. The van der Waals surface area contributed by atoms with Crippen molar-refractivity contribution in [2.75, 3.05) is 5.32 Å². The number of fused-ring (bicyclic) bond motifs is 1. The Kier molecular flexibility index (Phi) is 4.52. The summed E-state index contributed by atoms with van der Waals surface area (Å²) in [6.45, 7) is 5.73. The van der Waals surface area contributed by atoms with E-state index in [9.17, 15) is 9.59 Å². The third kappa shape index (κ3) is 3.20. The van der Waals surface area contributed by atoms with Crippen LogP contribution in [0.25, 0.3) is 21.6 Å². The molecular formula is C21H18N4O2S. The van der Waals surface area contributed by atoms with Gasteiger partial charge in [-0.3, -0.25) is 14.6 Å². The number of anilines is 1. The highest BCUT2D eigenvalue weighted by Crippen LogP contribution is 2.29. The average molecular weight is 390 g/mol. The van der Waals surface area contributed by atoms with E-state index in [-0.39, 0.29) is 11.5 Å². The summed E-state index contributed by atoms with van der Waals surface area (Å²) < 4.78 is 0. The highest BCUT2D eigenvalue weighted by molar-refractivity contribution is 7.20. The number of pyridine rings is 1. The summed E-state index contributed by atoms with van der Waals surface area (Å²) in [7, 11) is 0. The van der Waals surface area contributed by atoms with E-state index in [0.717, 1.165) is 16.8 Å². The standard InChI is InChI=1S/C21H18N4O2S/c1-11-6-7-15(12(2)9-11)23-20(27)17-13(3)16-19(26)24-18(25-21(16)28-17)14-5-4-8-22-10-14/h4-10H,1-3H3,(H,23,27)(H,24,25,26). The molecule has 3 heterocycles. The van der Waals surface area contributed by atoms with Crippen LogP contribution in [0.15, 0.2) is 47.5 Å². The number of nitrogens with zero attached hydrogens (tertiary/aromatic N) is 2. The molecule has 0 aliphatic carbocycles. The number of aromatic amines is 1. The van der Waals surface area contributed by atoms with E-state index in [1.807, 2.05) is 38.1 Å². The van der Waals surface area contributed by atoms with E-state index in [1.54, 1.807) is 25.4 Å². The van der Waals surface area contributed by atoms with E-state index >= 15 is 0 Å². The Morgan fingerprint density at radius 2 is 2.00 bits per heavy atom. The zero-order valence-corrected chi connectivity index (χ0v) is 16.5. The molecule has 0 aliphatic rings. The molecule has 0 saturated carbocycles. The van der Waals surface area contributed by atoms with Crippen LogP contribution in [0, 0.1) is 20.8 Å². The van der Waals surface area contributed by atoms with Crippen LogP contribution in [0.5, 0.6) is 0 Å². The molecule has 0 bridgehead atoms. The normalized spacial score (nSPS) is 11.0. The number of carbonyl (C=O) groups is 1. The Hall–Kier alpha value is -3.32. The molecule has 2 N–H and O–H groups in total. The molecule has 0 atom stereocenters. The summed E-state index contributed by atoms with van der Waals surface area (Å²) in [5.41, 5.74) is 3.96. The minimum absolute atomic E-state index is 0.241. The number of nitrogens with one attached hydrogen (secondary N) is 2. The monoisotopic (exact) mass is 390 g/mol. The molecular weight excluding hydrogens is 372 g/mol. The summed E-state index contributed by atoms with van der Waals surface area (Å²) in [5, 5.41) is 3.39. The van der Waals surface area contributed by atoms with Gasteiger partial charge in [-0.1, -0.05) is 17.7 Å². The molecule has 3 aromatic heterocycles. The fourth-order valence-corrected chi connectivity index (χ4v) is 4.21. The SMILES string of the molecule is Cc1ccc(NC(=O)c2sc3nc(-c4cccnc4)[nH]c(=O)c3c2C)c(C)c1. The smallest absolute Gasteiger partial charge is 0.266 e. The van der Waals surface area contributed by atoms with Crippen LogP contribution in [-0.4, -0.2) is 20.9 Å². The molecule has 4 rings (SSSR count). The van der Waals surface area contributed by atoms with Gasteiger partial charge in [-0.05, 0) is 50.1 Å². The predicted octanol–water partition coefficient (Wildman–Crippen LogP) is 4.22. The quantitative estimate of drug-likeness (QED) is 0.548. The Labute approximate surface area is 165 Å². The maximum absolute atomic E-state index is 12.9. The third-order valence-corrected chi connectivity index (χ3v) is 5.76. The fourth-order valence-electron chi connectivity index (χ4n) is 3.13. The summed E-state index contributed by atoms with van der Waals surface area (Å²) in [4.78, 5) is 37.9. The first-order chi connectivity index (χ1) is 13.4. The van der Waals surface area contributed by atoms with Crippen LogP contribution in [0.1, 0.15) is 26.4 Å². The number of H-pyrrole nitrogens is 1. The zero-order valence-electron chi connectivity index (χ0n) is 15.7. The second kappa shape index (κ2) is 7.01. The van der Waals surface area contributed by atoms with Gasteiger partial charge in [0.2, 0.25) is 0 Å². The van der Waals surface area contributed by atoms with Crippen molar-refractivity contribution in [2.24, 2.45) is 0 Å². The Morgan fingerprint density at radius 3 is 2.71 bits per heavy atom. The van der Waals surface area contributed by atoms with Gasteiger partial charge < -0.3 is 10.3 Å². The zero-order chi connectivity index (χ0) is 19.8. The molecule has 0 spiro atoms. The lowest BCUT2D eigenvalue weighted by Gasteiger charge is -2.08. The van der Waals surface area contributed by atoms with Gasteiger partial charge in [0.25, 0.3) is 11.5 Å². The Balaban J connectivity index is 1.76. The summed E-state index contributed by atoms with van der Waals surface area (Å²) in [6.07, 6.45) is 3.29. The average Bonchev–Trinajstić information content (AvgIpc) is 3.02. The molecule has 1 aromatic carbocycles. The molecule has 28 heavy (non-hydrogen) atoms. The van der Waals surface area contributed by atoms with E-state index in [2.05, 4.69) is 20.3 Å². The van der Waals surface area contributed by atoms with Crippen LogP contribution in [0.2, 0.25) is 0 Å². The maximum atomic E-state index is 12.9. The van der Waals surface area contributed by atoms with Crippen molar-refractivity contribution < 1.29 is 4.79 Å². The van der Waals surface area contributed by atoms with Gasteiger partial charge in [-0.15, -0.1) is 11.3 Å². The maximum Gasteiger partial charge on any atom is 0.266 e. The first kappa shape index (κ1) is 18.1. The van der Waals surface area contributed by atoms with Crippen molar-refractivity contribution in [1.82, 2.24) is 15.0 Å². The van der Waals surface area contributed by atoms with E-state index in [0.29, 0.717) is 32.0 Å². The van der Waals surface area contributed by atoms with Crippen LogP contribution < -0.4 is 10.9 Å². The minimum Gasteiger partial charge on any atom is -0.321 e. The largest absolute Gasteiger partial charge is 0.321 e. The Morgan fingerprint density at radius 1 is 1.18 bits per heavy atom.